The summed E-state index contributed by atoms with van der Waals surface area (Å²) in [6.45, 7) is -0.556. The third kappa shape index (κ3) is 77.1. The van der Waals surface area contributed by atoms with E-state index < -0.39 is 11.9 Å². The Labute approximate surface area is 126 Å². The van der Waals surface area contributed by atoms with Gasteiger partial charge in [0, 0.05) is 66.2 Å². The standard InChI is InChI=1S/2C2H5NO2.CH4O.2Na/c2*3-1-2(4)5;1-2;;/h2*1,3H2,(H,4,5);2H,1H3;;. The Morgan fingerprint density at radius 2 is 1.00 bits per heavy atom. The van der Waals surface area contributed by atoms with Crippen LogP contribution in [-0.4, -0.2) is 107 Å². The molecule has 0 aliphatic heterocycles. The SMILES string of the molecule is CO.NCC(=O)O.NCC(=O)O.[Na].[Na]. The normalized spacial score (nSPS) is 5.71. The summed E-state index contributed by atoms with van der Waals surface area (Å²) in [5.41, 5.74) is 9.14. The molecule has 7 N–H and O–H groups in total. The molecule has 0 aromatic heterocycles. The largest absolute Gasteiger partial charge is 0.480 e. The molecule has 0 rings (SSSR count). The van der Waals surface area contributed by atoms with E-state index in [0.717, 1.165) is 7.11 Å². The van der Waals surface area contributed by atoms with E-state index in [4.69, 9.17) is 15.3 Å². The number of carbonyl (C=O) groups is 2. The van der Waals surface area contributed by atoms with E-state index >= 15 is 0 Å². The Hall–Kier alpha value is 0.820. The number of hydrogen-bond donors (Lipinski definition) is 5. The van der Waals surface area contributed by atoms with Crippen molar-refractivity contribution in [3.63, 3.8) is 0 Å². The number of rotatable bonds is 2. The fraction of sp³-hybridized carbons (Fsp3) is 0.600. The smallest absolute Gasteiger partial charge is 0.317 e. The first-order valence-corrected chi connectivity index (χ1v) is 2.83. The van der Waals surface area contributed by atoms with E-state index in [9.17, 15) is 9.59 Å². The van der Waals surface area contributed by atoms with Crippen molar-refractivity contribution in [2.24, 2.45) is 11.5 Å². The molecule has 7 nitrogen and oxygen atoms in total. The summed E-state index contributed by atoms with van der Waals surface area (Å²) >= 11 is 0. The second kappa shape index (κ2) is 29.2. The van der Waals surface area contributed by atoms with Crippen molar-refractivity contribution in [1.82, 2.24) is 0 Å². The molecule has 0 heterocycles. The molecule has 0 aliphatic carbocycles. The molecule has 0 saturated heterocycles. The number of carboxylic acids is 2. The van der Waals surface area contributed by atoms with E-state index in [0.29, 0.717) is 0 Å². The Bertz CT molecular complexity index is 111. The number of aliphatic carboxylic acids is 2. The average Bonchev–Trinajstić information content (AvgIpc) is 2.09. The van der Waals surface area contributed by atoms with Crippen molar-refractivity contribution in [2.45, 2.75) is 0 Å². The van der Waals surface area contributed by atoms with Gasteiger partial charge in [0.15, 0.2) is 0 Å². The summed E-state index contributed by atoms with van der Waals surface area (Å²) in [4.78, 5) is 18.5. The van der Waals surface area contributed by atoms with Crippen molar-refractivity contribution in [3.8, 4) is 0 Å². The molecule has 0 aromatic carbocycles. The summed E-state index contributed by atoms with van der Waals surface area (Å²) in [6.07, 6.45) is 0. The number of carboxylic acid groups (broad SMARTS) is 2. The van der Waals surface area contributed by atoms with E-state index in [2.05, 4.69) is 11.5 Å². The minimum Gasteiger partial charge on any atom is -0.480 e. The van der Waals surface area contributed by atoms with E-state index in [1.165, 1.54) is 0 Å². The van der Waals surface area contributed by atoms with Crippen molar-refractivity contribution >= 4 is 71.1 Å². The molecule has 14 heavy (non-hydrogen) atoms. The fourth-order valence-electron chi connectivity index (χ4n) is 0. The van der Waals surface area contributed by atoms with Gasteiger partial charge in [-0.25, -0.2) is 0 Å². The third-order valence-corrected chi connectivity index (χ3v) is 0.349. The van der Waals surface area contributed by atoms with E-state index in [-0.39, 0.29) is 72.2 Å². The van der Waals surface area contributed by atoms with Gasteiger partial charge in [0.25, 0.3) is 0 Å². The summed E-state index contributed by atoms with van der Waals surface area (Å²) < 4.78 is 0. The number of aliphatic hydroxyl groups excluding tert-OH is 1. The maximum Gasteiger partial charge on any atom is 0.317 e. The maximum absolute atomic E-state index is 9.24. The first-order chi connectivity index (χ1) is 5.54. The van der Waals surface area contributed by atoms with Gasteiger partial charge in [-0.2, -0.15) is 0 Å². The summed E-state index contributed by atoms with van der Waals surface area (Å²) in [5, 5.41) is 22.2. The molecule has 0 fully saturated rings. The van der Waals surface area contributed by atoms with Crippen molar-refractivity contribution in [1.29, 1.82) is 0 Å². The molecule has 9 heteroatoms. The molecule has 0 amide bonds. The number of hydrogen-bond acceptors (Lipinski definition) is 5. The van der Waals surface area contributed by atoms with Crippen LogP contribution in [0.5, 0.6) is 0 Å². The van der Waals surface area contributed by atoms with Crippen LogP contribution in [0.4, 0.5) is 0 Å². The molecule has 2 radical (unpaired) electrons. The summed E-state index contributed by atoms with van der Waals surface area (Å²) in [5.74, 6) is -1.94. The van der Waals surface area contributed by atoms with Gasteiger partial charge in [0.2, 0.25) is 0 Å². The van der Waals surface area contributed by atoms with Crippen LogP contribution in [0.1, 0.15) is 0 Å². The molecule has 0 bridgehead atoms. The third-order valence-electron chi connectivity index (χ3n) is 0.349. The molecular weight excluding hydrogens is 214 g/mol. The monoisotopic (exact) mass is 228 g/mol. The van der Waals surface area contributed by atoms with Crippen LogP contribution in [0, 0.1) is 0 Å². The van der Waals surface area contributed by atoms with Crippen LogP contribution in [0.3, 0.4) is 0 Å². The van der Waals surface area contributed by atoms with Gasteiger partial charge in [-0.15, -0.1) is 0 Å². The molecule has 0 saturated carbocycles. The summed E-state index contributed by atoms with van der Waals surface area (Å²) in [7, 11) is 1.00. The average molecular weight is 228 g/mol. The van der Waals surface area contributed by atoms with Crippen molar-refractivity contribution in [2.75, 3.05) is 20.2 Å². The minimum absolute atomic E-state index is 0. The van der Waals surface area contributed by atoms with Crippen LogP contribution in [0.25, 0.3) is 0 Å². The molecule has 0 aromatic rings. The molecule has 0 aliphatic rings. The van der Waals surface area contributed by atoms with Gasteiger partial charge in [-0.3, -0.25) is 9.59 Å². The maximum atomic E-state index is 9.24. The number of aliphatic hydroxyl groups is 1. The van der Waals surface area contributed by atoms with Crippen LogP contribution >= 0.6 is 0 Å². The van der Waals surface area contributed by atoms with E-state index in [1.807, 2.05) is 0 Å². The van der Waals surface area contributed by atoms with Crippen LogP contribution in [0.2, 0.25) is 0 Å². The van der Waals surface area contributed by atoms with Gasteiger partial charge in [-0.05, 0) is 0 Å². The molecule has 0 spiro atoms. The van der Waals surface area contributed by atoms with Gasteiger partial charge in [0.1, 0.15) is 0 Å². The Balaban J connectivity index is -0.0000000292. The molecular formula is C5H14N2Na2O5. The Kier molecular flexibility index (Phi) is 61.2. The van der Waals surface area contributed by atoms with Crippen molar-refractivity contribution < 1.29 is 24.9 Å². The topological polar surface area (TPSA) is 147 Å². The quantitative estimate of drug-likeness (QED) is 0.314. The predicted octanol–water partition coefficient (Wildman–Crippen LogP) is -3.09. The van der Waals surface area contributed by atoms with Gasteiger partial charge < -0.3 is 26.8 Å². The second-order valence-electron chi connectivity index (χ2n) is 1.20. The second-order valence-corrected chi connectivity index (χ2v) is 1.20. The zero-order valence-corrected chi connectivity index (χ0v) is 12.7. The predicted molar refractivity (Wildman–Crippen MR) is 53.0 cm³/mol. The Morgan fingerprint density at radius 1 is 0.929 bits per heavy atom. The van der Waals surface area contributed by atoms with E-state index in [1.54, 1.807) is 0 Å². The van der Waals surface area contributed by atoms with Gasteiger partial charge in [0.05, 0.1) is 13.1 Å². The molecule has 76 valence electrons. The first kappa shape index (κ1) is 29.4. The van der Waals surface area contributed by atoms with Gasteiger partial charge >= 0.3 is 11.9 Å². The van der Waals surface area contributed by atoms with Crippen LogP contribution in [-0.2, 0) is 9.59 Å². The fourth-order valence-corrected chi connectivity index (χ4v) is 0. The summed E-state index contributed by atoms with van der Waals surface area (Å²) in [6, 6.07) is 0. The minimum atomic E-state index is -0.968. The van der Waals surface area contributed by atoms with Gasteiger partial charge in [-0.1, -0.05) is 0 Å². The molecule has 0 unspecified atom stereocenters. The van der Waals surface area contributed by atoms with Crippen LogP contribution < -0.4 is 11.5 Å². The Morgan fingerprint density at radius 3 is 1.00 bits per heavy atom. The number of nitrogens with two attached hydrogens (primary N) is 2. The molecule has 0 atom stereocenters. The first-order valence-electron chi connectivity index (χ1n) is 2.83. The van der Waals surface area contributed by atoms with Crippen LogP contribution in [0.15, 0.2) is 0 Å². The zero-order valence-electron chi connectivity index (χ0n) is 8.73. The van der Waals surface area contributed by atoms with Crippen molar-refractivity contribution in [3.05, 3.63) is 0 Å². The zero-order chi connectivity index (χ0) is 10.6.